The minimum atomic E-state index is -0.985. The summed E-state index contributed by atoms with van der Waals surface area (Å²) < 4.78 is 9.88. The number of carboxylic acids is 1. The predicted molar refractivity (Wildman–Crippen MR) is 68.4 cm³/mol. The van der Waals surface area contributed by atoms with E-state index in [2.05, 4.69) is 10.1 Å². The number of aromatic carboxylic acids is 1. The van der Waals surface area contributed by atoms with Crippen molar-refractivity contribution < 1.29 is 24.2 Å². The first-order valence-corrected chi connectivity index (χ1v) is 5.87. The van der Waals surface area contributed by atoms with Gasteiger partial charge < -0.3 is 19.9 Å². The third-order valence-corrected chi connectivity index (χ3v) is 2.36. The Kier molecular flexibility index (Phi) is 6.38. The van der Waals surface area contributed by atoms with Crippen LogP contribution in [0.3, 0.4) is 0 Å². The number of carbonyl (C=O) groups excluding carboxylic acids is 1. The van der Waals surface area contributed by atoms with Gasteiger partial charge in [0.25, 0.3) is 0 Å². The maximum Gasteiger partial charge on any atom is 0.335 e. The number of carbonyl (C=O) groups is 2. The summed E-state index contributed by atoms with van der Waals surface area (Å²) in [5.41, 5.74) is 0.191. The Hall–Kier alpha value is -2.08. The molecule has 104 valence electrons. The van der Waals surface area contributed by atoms with Gasteiger partial charge in [-0.05, 0) is 18.2 Å². The van der Waals surface area contributed by atoms with Crippen LogP contribution in [-0.4, -0.2) is 43.9 Å². The van der Waals surface area contributed by atoms with Gasteiger partial charge >= 0.3 is 11.9 Å². The molecule has 1 aromatic rings. The average Bonchev–Trinajstić information content (AvgIpc) is 2.42. The molecule has 0 aliphatic rings. The highest BCUT2D eigenvalue weighted by Crippen LogP contribution is 2.12. The first-order valence-electron chi connectivity index (χ1n) is 5.87. The van der Waals surface area contributed by atoms with Crippen molar-refractivity contribution in [2.24, 2.45) is 0 Å². The molecule has 0 saturated heterocycles. The highest BCUT2D eigenvalue weighted by atomic mass is 16.5. The summed E-state index contributed by atoms with van der Waals surface area (Å²) in [6, 6.07) is 6.30. The van der Waals surface area contributed by atoms with Crippen LogP contribution >= 0.6 is 0 Å². The molecule has 0 amide bonds. The fraction of sp³-hybridized carbons (Fsp3) is 0.385. The lowest BCUT2D eigenvalue weighted by molar-refractivity contribution is -0.140. The van der Waals surface area contributed by atoms with Crippen molar-refractivity contribution in [3.63, 3.8) is 0 Å². The third kappa shape index (κ3) is 5.87. The zero-order valence-electron chi connectivity index (χ0n) is 10.7. The van der Waals surface area contributed by atoms with E-state index in [1.165, 1.54) is 19.2 Å². The van der Waals surface area contributed by atoms with Gasteiger partial charge in [-0.2, -0.15) is 0 Å². The lowest BCUT2D eigenvalue weighted by Gasteiger charge is -2.07. The van der Waals surface area contributed by atoms with Gasteiger partial charge in [-0.25, -0.2) is 4.79 Å². The maximum absolute atomic E-state index is 10.8. The first kappa shape index (κ1) is 15.0. The van der Waals surface area contributed by atoms with Crippen LogP contribution in [0.2, 0.25) is 0 Å². The quantitative estimate of drug-likeness (QED) is 0.538. The Morgan fingerprint density at radius 2 is 2.11 bits per heavy atom. The molecule has 19 heavy (non-hydrogen) atoms. The molecule has 0 fully saturated rings. The summed E-state index contributed by atoms with van der Waals surface area (Å²) in [6.07, 6.45) is 0.311. The summed E-state index contributed by atoms with van der Waals surface area (Å²) >= 11 is 0. The van der Waals surface area contributed by atoms with E-state index in [0.29, 0.717) is 31.9 Å². The van der Waals surface area contributed by atoms with Gasteiger partial charge in [-0.3, -0.25) is 4.79 Å². The van der Waals surface area contributed by atoms with Crippen molar-refractivity contribution in [2.75, 3.05) is 26.8 Å². The minimum Gasteiger partial charge on any atom is -0.492 e. The van der Waals surface area contributed by atoms with Crippen molar-refractivity contribution in [1.29, 1.82) is 0 Å². The molecule has 0 heterocycles. The molecular weight excluding hydrogens is 250 g/mol. The van der Waals surface area contributed by atoms with Crippen LogP contribution in [0.4, 0.5) is 0 Å². The maximum atomic E-state index is 10.8. The molecule has 0 bridgehead atoms. The summed E-state index contributed by atoms with van der Waals surface area (Å²) in [6.45, 7) is 1.48. The van der Waals surface area contributed by atoms with Gasteiger partial charge in [-0.1, -0.05) is 6.07 Å². The van der Waals surface area contributed by atoms with E-state index in [1.807, 2.05) is 0 Å². The van der Waals surface area contributed by atoms with Crippen molar-refractivity contribution in [1.82, 2.24) is 5.32 Å². The summed E-state index contributed by atoms with van der Waals surface area (Å²) in [5.74, 6) is -0.737. The van der Waals surface area contributed by atoms with Crippen LogP contribution in [0.5, 0.6) is 5.75 Å². The average molecular weight is 267 g/mol. The largest absolute Gasteiger partial charge is 0.492 e. The van der Waals surface area contributed by atoms with Gasteiger partial charge in [0.15, 0.2) is 0 Å². The molecule has 0 aliphatic carbocycles. The monoisotopic (exact) mass is 267 g/mol. The van der Waals surface area contributed by atoms with Crippen molar-refractivity contribution in [2.45, 2.75) is 6.42 Å². The van der Waals surface area contributed by atoms with Gasteiger partial charge in [0.1, 0.15) is 12.4 Å². The van der Waals surface area contributed by atoms with Crippen LogP contribution in [0.1, 0.15) is 16.8 Å². The molecule has 0 atom stereocenters. The normalized spacial score (nSPS) is 9.95. The molecule has 0 spiro atoms. The van der Waals surface area contributed by atoms with E-state index in [9.17, 15) is 9.59 Å². The summed E-state index contributed by atoms with van der Waals surface area (Å²) in [4.78, 5) is 21.6. The highest BCUT2D eigenvalue weighted by molar-refractivity contribution is 5.87. The number of rotatable bonds is 8. The van der Waals surface area contributed by atoms with E-state index in [-0.39, 0.29) is 11.5 Å². The number of nitrogens with one attached hydrogen (secondary N) is 1. The molecule has 0 saturated carbocycles. The Bertz CT molecular complexity index is 433. The molecule has 6 nitrogen and oxygen atoms in total. The smallest absolute Gasteiger partial charge is 0.335 e. The molecule has 6 heteroatoms. The van der Waals surface area contributed by atoms with E-state index in [1.54, 1.807) is 12.1 Å². The van der Waals surface area contributed by atoms with E-state index >= 15 is 0 Å². The fourth-order valence-electron chi connectivity index (χ4n) is 1.38. The van der Waals surface area contributed by atoms with Crippen molar-refractivity contribution in [3.05, 3.63) is 29.8 Å². The van der Waals surface area contributed by atoms with Crippen LogP contribution in [0.25, 0.3) is 0 Å². The number of carboxylic acid groups (broad SMARTS) is 1. The van der Waals surface area contributed by atoms with Gasteiger partial charge in [0.2, 0.25) is 0 Å². The number of hydrogen-bond donors (Lipinski definition) is 2. The summed E-state index contributed by atoms with van der Waals surface area (Å²) in [7, 11) is 1.35. The van der Waals surface area contributed by atoms with E-state index < -0.39 is 5.97 Å². The number of ether oxygens (including phenoxy) is 2. The number of hydrogen-bond acceptors (Lipinski definition) is 5. The Balaban J connectivity index is 2.21. The molecule has 1 aromatic carbocycles. The SMILES string of the molecule is COC(=O)CCNCCOc1cccc(C(=O)O)c1. The minimum absolute atomic E-state index is 0.191. The topological polar surface area (TPSA) is 84.9 Å². The Labute approximate surface area is 111 Å². The van der Waals surface area contributed by atoms with Crippen LogP contribution in [-0.2, 0) is 9.53 Å². The lowest BCUT2D eigenvalue weighted by Crippen LogP contribution is -2.24. The Morgan fingerprint density at radius 3 is 2.79 bits per heavy atom. The molecule has 0 radical (unpaired) electrons. The second-order valence-electron chi connectivity index (χ2n) is 3.76. The standard InChI is InChI=1S/C13H17NO5/c1-18-12(15)5-6-14-7-8-19-11-4-2-3-10(9-11)13(16)17/h2-4,9,14H,5-8H2,1H3,(H,16,17). The number of benzene rings is 1. The fourth-order valence-corrected chi connectivity index (χ4v) is 1.38. The van der Waals surface area contributed by atoms with Crippen LogP contribution in [0, 0.1) is 0 Å². The van der Waals surface area contributed by atoms with Gasteiger partial charge in [-0.15, -0.1) is 0 Å². The van der Waals surface area contributed by atoms with Crippen LogP contribution < -0.4 is 10.1 Å². The molecule has 1 rings (SSSR count). The molecule has 0 aliphatic heterocycles. The van der Waals surface area contributed by atoms with Gasteiger partial charge in [0, 0.05) is 13.1 Å². The van der Waals surface area contributed by atoms with Gasteiger partial charge in [0.05, 0.1) is 19.1 Å². The van der Waals surface area contributed by atoms with Crippen molar-refractivity contribution in [3.8, 4) is 5.75 Å². The molecule has 2 N–H and O–H groups in total. The van der Waals surface area contributed by atoms with Crippen LogP contribution in [0.15, 0.2) is 24.3 Å². The third-order valence-electron chi connectivity index (χ3n) is 2.36. The Morgan fingerprint density at radius 1 is 1.32 bits per heavy atom. The first-order chi connectivity index (χ1) is 9.13. The highest BCUT2D eigenvalue weighted by Gasteiger charge is 2.03. The number of esters is 1. The molecule has 0 unspecified atom stereocenters. The predicted octanol–water partition coefficient (Wildman–Crippen LogP) is 0.916. The zero-order valence-corrected chi connectivity index (χ0v) is 10.7. The molecule has 0 aromatic heterocycles. The van der Waals surface area contributed by atoms with E-state index in [4.69, 9.17) is 9.84 Å². The lowest BCUT2D eigenvalue weighted by atomic mass is 10.2. The number of methoxy groups -OCH3 is 1. The molecular formula is C13H17NO5. The second kappa shape index (κ2) is 8.10. The second-order valence-corrected chi connectivity index (χ2v) is 3.76. The van der Waals surface area contributed by atoms with E-state index in [0.717, 1.165) is 0 Å². The van der Waals surface area contributed by atoms with Crippen molar-refractivity contribution >= 4 is 11.9 Å². The summed E-state index contributed by atoms with van der Waals surface area (Å²) in [5, 5.41) is 11.8. The zero-order chi connectivity index (χ0) is 14.1.